The van der Waals surface area contributed by atoms with Crippen LogP contribution in [0.2, 0.25) is 0 Å². The second-order valence-corrected chi connectivity index (χ2v) is 5.79. The fourth-order valence-electron chi connectivity index (χ4n) is 2.89. The van der Waals surface area contributed by atoms with Crippen molar-refractivity contribution in [1.29, 1.82) is 0 Å². The Balaban J connectivity index is 1.88. The molecule has 2 N–H and O–H groups in total. The minimum Gasteiger partial charge on any atom is -0.490 e. The average Bonchev–Trinajstić information content (AvgIpc) is 2.53. The topological polar surface area (TPSA) is 44.5 Å². The summed E-state index contributed by atoms with van der Waals surface area (Å²) in [6.07, 6.45) is 3.68. The molecular weight excluding hydrogens is 262 g/mol. The van der Waals surface area contributed by atoms with Crippen molar-refractivity contribution in [2.75, 3.05) is 13.2 Å². The van der Waals surface area contributed by atoms with Crippen molar-refractivity contribution in [1.82, 2.24) is 0 Å². The molecule has 0 radical (unpaired) electrons. The van der Waals surface area contributed by atoms with Gasteiger partial charge in [-0.1, -0.05) is 36.4 Å². The third-order valence-electron chi connectivity index (χ3n) is 4.09. The summed E-state index contributed by atoms with van der Waals surface area (Å²) in [6, 6.07) is 12.4. The quantitative estimate of drug-likeness (QED) is 0.929. The molecule has 1 fully saturated rings. The van der Waals surface area contributed by atoms with Gasteiger partial charge in [0, 0.05) is 23.6 Å². The zero-order chi connectivity index (χ0) is 14.7. The van der Waals surface area contributed by atoms with Gasteiger partial charge in [0.1, 0.15) is 12.4 Å². The van der Waals surface area contributed by atoms with Gasteiger partial charge in [-0.05, 0) is 31.6 Å². The highest BCUT2D eigenvalue weighted by molar-refractivity contribution is 5.89. The maximum absolute atomic E-state index is 6.15. The summed E-state index contributed by atoms with van der Waals surface area (Å²) in [7, 11) is 0. The van der Waals surface area contributed by atoms with E-state index in [2.05, 4.69) is 24.3 Å². The molecule has 3 rings (SSSR count). The van der Waals surface area contributed by atoms with Crippen LogP contribution in [-0.4, -0.2) is 19.3 Å². The van der Waals surface area contributed by atoms with Gasteiger partial charge in [-0.25, -0.2) is 0 Å². The minimum absolute atomic E-state index is 0.0446. The molecule has 2 atom stereocenters. The number of ether oxygens (including phenoxy) is 2. The molecule has 21 heavy (non-hydrogen) atoms. The highest BCUT2D eigenvalue weighted by Gasteiger charge is 2.17. The van der Waals surface area contributed by atoms with Gasteiger partial charge in [0.2, 0.25) is 0 Å². The van der Waals surface area contributed by atoms with E-state index in [9.17, 15) is 0 Å². The van der Waals surface area contributed by atoms with E-state index in [-0.39, 0.29) is 12.1 Å². The fraction of sp³-hybridized carbons (Fsp3) is 0.444. The van der Waals surface area contributed by atoms with Crippen LogP contribution >= 0.6 is 0 Å². The molecule has 0 aliphatic carbocycles. The second kappa shape index (κ2) is 6.46. The maximum atomic E-state index is 6.15. The molecular formula is C18H23NO2. The third-order valence-corrected chi connectivity index (χ3v) is 4.09. The fourth-order valence-corrected chi connectivity index (χ4v) is 2.89. The zero-order valence-electron chi connectivity index (χ0n) is 12.5. The zero-order valence-corrected chi connectivity index (χ0v) is 12.5. The highest BCUT2D eigenvalue weighted by atomic mass is 16.5. The van der Waals surface area contributed by atoms with Crippen molar-refractivity contribution in [3.63, 3.8) is 0 Å². The smallest absolute Gasteiger partial charge is 0.132 e. The van der Waals surface area contributed by atoms with E-state index in [0.29, 0.717) is 6.61 Å². The highest BCUT2D eigenvalue weighted by Crippen LogP contribution is 2.33. The van der Waals surface area contributed by atoms with E-state index in [1.165, 1.54) is 11.8 Å². The lowest BCUT2D eigenvalue weighted by molar-refractivity contribution is -0.0109. The lowest BCUT2D eigenvalue weighted by atomic mass is 10.0. The van der Waals surface area contributed by atoms with Crippen LogP contribution in [0.4, 0.5) is 0 Å². The molecule has 1 heterocycles. The van der Waals surface area contributed by atoms with Crippen LogP contribution in [0.5, 0.6) is 5.75 Å². The van der Waals surface area contributed by atoms with Crippen LogP contribution in [0.25, 0.3) is 10.8 Å². The average molecular weight is 285 g/mol. The van der Waals surface area contributed by atoms with Gasteiger partial charge >= 0.3 is 0 Å². The van der Waals surface area contributed by atoms with E-state index in [4.69, 9.17) is 15.2 Å². The Hall–Kier alpha value is -1.58. The monoisotopic (exact) mass is 285 g/mol. The van der Waals surface area contributed by atoms with Crippen molar-refractivity contribution in [3.8, 4) is 5.75 Å². The van der Waals surface area contributed by atoms with Crippen molar-refractivity contribution in [2.45, 2.75) is 38.3 Å². The molecule has 2 aromatic rings. The number of hydrogen-bond donors (Lipinski definition) is 1. The summed E-state index contributed by atoms with van der Waals surface area (Å²) in [5.74, 6) is 0.914. The Labute approximate surface area is 126 Å². The molecule has 0 spiro atoms. The second-order valence-electron chi connectivity index (χ2n) is 5.79. The number of hydrogen-bond acceptors (Lipinski definition) is 3. The van der Waals surface area contributed by atoms with Gasteiger partial charge in [-0.15, -0.1) is 0 Å². The Morgan fingerprint density at radius 1 is 1.24 bits per heavy atom. The summed E-state index contributed by atoms with van der Waals surface area (Å²) in [4.78, 5) is 0. The first kappa shape index (κ1) is 14.4. The lowest BCUT2D eigenvalue weighted by Gasteiger charge is -2.24. The minimum atomic E-state index is -0.0446. The summed E-state index contributed by atoms with van der Waals surface area (Å²) < 4.78 is 11.9. The number of fused-ring (bicyclic) bond motifs is 1. The summed E-state index contributed by atoms with van der Waals surface area (Å²) in [6.45, 7) is 3.45. The van der Waals surface area contributed by atoms with E-state index >= 15 is 0 Å². The van der Waals surface area contributed by atoms with E-state index in [1.807, 2.05) is 19.1 Å². The molecule has 0 aromatic heterocycles. The molecule has 1 aliphatic rings. The molecule has 0 bridgehead atoms. The molecule has 3 heteroatoms. The van der Waals surface area contributed by atoms with Crippen molar-refractivity contribution in [3.05, 3.63) is 42.0 Å². The third kappa shape index (κ3) is 3.20. The van der Waals surface area contributed by atoms with E-state index in [0.717, 1.165) is 36.1 Å². The van der Waals surface area contributed by atoms with Gasteiger partial charge in [0.25, 0.3) is 0 Å². The lowest BCUT2D eigenvalue weighted by Crippen LogP contribution is -2.26. The first-order valence-electron chi connectivity index (χ1n) is 7.77. The summed E-state index contributed by atoms with van der Waals surface area (Å²) >= 11 is 0. The normalized spacial score (nSPS) is 20.4. The molecule has 1 saturated heterocycles. The summed E-state index contributed by atoms with van der Waals surface area (Å²) in [5, 5.41) is 2.31. The van der Waals surface area contributed by atoms with Crippen LogP contribution < -0.4 is 10.5 Å². The summed E-state index contributed by atoms with van der Waals surface area (Å²) in [5.41, 5.74) is 7.16. The van der Waals surface area contributed by atoms with Crippen molar-refractivity contribution in [2.24, 2.45) is 5.73 Å². The Bertz CT molecular complexity index is 603. The molecule has 0 amide bonds. The molecule has 2 aromatic carbocycles. The van der Waals surface area contributed by atoms with E-state index in [1.54, 1.807) is 0 Å². The van der Waals surface area contributed by atoms with Crippen LogP contribution in [-0.2, 0) is 4.74 Å². The first-order valence-corrected chi connectivity index (χ1v) is 7.77. The molecule has 0 saturated carbocycles. The standard InChI is InChI=1S/C18H23NO2/c1-13(19)16-10-9-14-6-2-3-8-17(14)18(16)21-12-15-7-4-5-11-20-15/h2-3,6,8-10,13,15H,4-5,7,11-12,19H2,1H3/t13-,15?/m0/s1. The van der Waals surface area contributed by atoms with Crippen LogP contribution in [0.1, 0.15) is 37.8 Å². The molecule has 3 nitrogen and oxygen atoms in total. The predicted molar refractivity (Wildman–Crippen MR) is 85.6 cm³/mol. The molecule has 1 unspecified atom stereocenters. The number of benzene rings is 2. The van der Waals surface area contributed by atoms with Gasteiger partial charge in [0.05, 0.1) is 6.10 Å². The number of nitrogens with two attached hydrogens (primary N) is 1. The van der Waals surface area contributed by atoms with Gasteiger partial charge in [0.15, 0.2) is 0 Å². The van der Waals surface area contributed by atoms with Gasteiger partial charge in [-0.2, -0.15) is 0 Å². The van der Waals surface area contributed by atoms with E-state index < -0.39 is 0 Å². The van der Waals surface area contributed by atoms with Crippen LogP contribution in [0, 0.1) is 0 Å². The SMILES string of the molecule is C[C@H](N)c1ccc2ccccc2c1OCC1CCCCO1. The van der Waals surface area contributed by atoms with Crippen molar-refractivity contribution >= 4 is 10.8 Å². The van der Waals surface area contributed by atoms with Crippen LogP contribution in [0.15, 0.2) is 36.4 Å². The Morgan fingerprint density at radius 2 is 2.10 bits per heavy atom. The molecule has 112 valence electrons. The van der Waals surface area contributed by atoms with Crippen LogP contribution in [0.3, 0.4) is 0 Å². The molecule has 1 aliphatic heterocycles. The predicted octanol–water partition coefficient (Wildman–Crippen LogP) is 3.81. The van der Waals surface area contributed by atoms with Gasteiger partial charge in [-0.3, -0.25) is 0 Å². The maximum Gasteiger partial charge on any atom is 0.132 e. The van der Waals surface area contributed by atoms with Gasteiger partial charge < -0.3 is 15.2 Å². The number of rotatable bonds is 4. The largest absolute Gasteiger partial charge is 0.490 e. The first-order chi connectivity index (χ1) is 10.3. The Kier molecular flexibility index (Phi) is 4.42. The Morgan fingerprint density at radius 3 is 2.86 bits per heavy atom. The van der Waals surface area contributed by atoms with Crippen molar-refractivity contribution < 1.29 is 9.47 Å².